The average Bonchev–Trinajstić information content (AvgIpc) is 3.82. The molecule has 0 saturated heterocycles. The molecule has 0 saturated carbocycles. The Morgan fingerprint density at radius 1 is 0.364 bits per heavy atom. The van der Waals surface area contributed by atoms with Gasteiger partial charge in [-0.25, -0.2) is 0 Å². The molecular weight excluding hydrogens is 687 g/mol. The molecule has 12 aromatic rings. The maximum atomic E-state index is 6.32. The fourth-order valence-electron chi connectivity index (χ4n) is 8.96. The quantitative estimate of drug-likeness (QED) is 0.169. The van der Waals surface area contributed by atoms with E-state index in [9.17, 15) is 0 Å². The van der Waals surface area contributed by atoms with E-state index < -0.39 is 0 Å². The summed E-state index contributed by atoms with van der Waals surface area (Å²) in [7, 11) is 0. The summed E-state index contributed by atoms with van der Waals surface area (Å²) in [6.45, 7) is 0. The lowest BCUT2D eigenvalue weighted by Gasteiger charge is -2.28. The van der Waals surface area contributed by atoms with Crippen molar-refractivity contribution in [1.29, 1.82) is 0 Å². The van der Waals surface area contributed by atoms with Gasteiger partial charge in [-0.1, -0.05) is 133 Å². The summed E-state index contributed by atoms with van der Waals surface area (Å²) >= 11 is 1.86. The van der Waals surface area contributed by atoms with E-state index in [2.05, 4.69) is 187 Å². The average molecular weight is 718 g/mol. The maximum Gasteiger partial charge on any atom is 0.135 e. The first-order chi connectivity index (χ1) is 27.3. The summed E-state index contributed by atoms with van der Waals surface area (Å²) in [4.78, 5) is 2.44. The number of thiophene rings is 1. The second-order valence-corrected chi connectivity index (χ2v) is 15.5. The monoisotopic (exact) mass is 717 g/mol. The molecule has 0 aliphatic carbocycles. The van der Waals surface area contributed by atoms with Crippen LogP contribution >= 0.6 is 11.3 Å². The zero-order chi connectivity index (χ0) is 36.0. The van der Waals surface area contributed by atoms with E-state index in [1.807, 2.05) is 17.4 Å². The molecule has 0 aliphatic rings. The van der Waals surface area contributed by atoms with E-state index in [4.69, 9.17) is 4.42 Å². The third-order valence-corrected chi connectivity index (χ3v) is 12.5. The Morgan fingerprint density at radius 3 is 1.93 bits per heavy atom. The minimum atomic E-state index is 0.886. The third kappa shape index (κ3) is 4.60. The van der Waals surface area contributed by atoms with Gasteiger partial charge < -0.3 is 9.32 Å². The standard InChI is InChI=1S/C52H31NOS/c1-2-13-38-32(10-1)22-23-33-24-25-34-26-28-40-42(51(34)50(33)38)17-8-18-45(40)53(37-27-29-47-44(31-37)41-14-3-5-19-46(41)54-47)36-12-7-11-35(30-36)39-16-9-21-49-52(39)43-15-4-6-20-48(43)55-49/h1-31H. The van der Waals surface area contributed by atoms with Crippen molar-refractivity contribution in [1.82, 2.24) is 0 Å². The van der Waals surface area contributed by atoms with Crippen molar-refractivity contribution in [3.63, 3.8) is 0 Å². The summed E-state index contributed by atoms with van der Waals surface area (Å²) in [6, 6.07) is 68.7. The van der Waals surface area contributed by atoms with Gasteiger partial charge in [0.05, 0.1) is 5.69 Å². The van der Waals surface area contributed by atoms with Crippen molar-refractivity contribution in [2.24, 2.45) is 0 Å². The van der Waals surface area contributed by atoms with Gasteiger partial charge in [0.25, 0.3) is 0 Å². The minimum absolute atomic E-state index is 0.886. The normalized spacial score (nSPS) is 12.0. The number of furan rings is 1. The van der Waals surface area contributed by atoms with Crippen molar-refractivity contribution in [3.05, 3.63) is 188 Å². The van der Waals surface area contributed by atoms with Gasteiger partial charge in [0.1, 0.15) is 11.2 Å². The Bertz CT molecular complexity index is 3510. The summed E-state index contributed by atoms with van der Waals surface area (Å²) in [5.41, 5.74) is 7.51. The number of para-hydroxylation sites is 1. The van der Waals surface area contributed by atoms with E-state index in [1.54, 1.807) is 0 Å². The van der Waals surface area contributed by atoms with Gasteiger partial charge in [-0.3, -0.25) is 0 Å². The van der Waals surface area contributed by atoms with Crippen molar-refractivity contribution in [2.75, 3.05) is 4.90 Å². The maximum absolute atomic E-state index is 6.32. The number of hydrogen-bond acceptors (Lipinski definition) is 3. The molecule has 2 heterocycles. The molecule has 12 rings (SSSR count). The molecule has 0 bridgehead atoms. The predicted molar refractivity (Wildman–Crippen MR) is 237 cm³/mol. The van der Waals surface area contributed by atoms with Crippen molar-refractivity contribution >= 4 is 114 Å². The molecule has 0 atom stereocenters. The molecule has 0 unspecified atom stereocenters. The van der Waals surface area contributed by atoms with Crippen LogP contribution in [0.15, 0.2) is 192 Å². The van der Waals surface area contributed by atoms with Crippen LogP contribution in [0.4, 0.5) is 17.1 Å². The van der Waals surface area contributed by atoms with Crippen LogP contribution < -0.4 is 4.90 Å². The van der Waals surface area contributed by atoms with Crippen LogP contribution in [0.25, 0.3) is 96.3 Å². The fraction of sp³-hybridized carbons (Fsp3) is 0. The van der Waals surface area contributed by atoms with Gasteiger partial charge in [0.15, 0.2) is 0 Å². The highest BCUT2D eigenvalue weighted by Gasteiger charge is 2.20. The molecule has 0 aliphatic heterocycles. The number of fused-ring (bicyclic) bond motifs is 13. The van der Waals surface area contributed by atoms with Crippen LogP contribution in [0.2, 0.25) is 0 Å². The van der Waals surface area contributed by atoms with Gasteiger partial charge in [-0.2, -0.15) is 0 Å². The molecule has 0 amide bonds. The second kappa shape index (κ2) is 11.8. The highest BCUT2D eigenvalue weighted by molar-refractivity contribution is 7.25. The van der Waals surface area contributed by atoms with E-state index in [-0.39, 0.29) is 0 Å². The molecule has 0 spiro atoms. The molecular formula is C52H31NOS. The van der Waals surface area contributed by atoms with E-state index in [1.165, 1.54) is 74.4 Å². The zero-order valence-corrected chi connectivity index (χ0v) is 30.5. The number of hydrogen-bond donors (Lipinski definition) is 0. The number of benzene rings is 10. The lowest BCUT2D eigenvalue weighted by atomic mass is 9.92. The van der Waals surface area contributed by atoms with Gasteiger partial charge in [0.2, 0.25) is 0 Å². The molecule has 256 valence electrons. The lowest BCUT2D eigenvalue weighted by molar-refractivity contribution is 0.669. The SMILES string of the molecule is c1cc(-c2cccc3sc4ccccc4c23)cc(N(c2ccc3oc4ccccc4c3c2)c2cccc3c2ccc2ccc4ccc5ccccc5c4c23)c1. The van der Waals surface area contributed by atoms with Crippen molar-refractivity contribution in [3.8, 4) is 11.1 Å². The van der Waals surface area contributed by atoms with Gasteiger partial charge in [-0.05, 0) is 103 Å². The van der Waals surface area contributed by atoms with Crippen LogP contribution in [0.1, 0.15) is 0 Å². The molecule has 55 heavy (non-hydrogen) atoms. The molecule has 10 aromatic carbocycles. The molecule has 3 heteroatoms. The Kier molecular flexibility index (Phi) is 6.54. The minimum Gasteiger partial charge on any atom is -0.456 e. The van der Waals surface area contributed by atoms with Crippen LogP contribution in [0, 0.1) is 0 Å². The van der Waals surface area contributed by atoms with Crippen LogP contribution in [-0.4, -0.2) is 0 Å². The van der Waals surface area contributed by atoms with Gasteiger partial charge >= 0.3 is 0 Å². The Morgan fingerprint density at radius 2 is 1.02 bits per heavy atom. The fourth-order valence-corrected chi connectivity index (χ4v) is 10.1. The van der Waals surface area contributed by atoms with Crippen molar-refractivity contribution < 1.29 is 4.42 Å². The topological polar surface area (TPSA) is 16.4 Å². The highest BCUT2D eigenvalue weighted by Crippen LogP contribution is 2.46. The zero-order valence-electron chi connectivity index (χ0n) is 29.7. The summed E-state index contributed by atoms with van der Waals surface area (Å²) in [6.07, 6.45) is 0. The van der Waals surface area contributed by atoms with Gasteiger partial charge in [-0.15, -0.1) is 11.3 Å². The van der Waals surface area contributed by atoms with Crippen LogP contribution in [0.3, 0.4) is 0 Å². The number of nitrogens with zero attached hydrogens (tertiary/aromatic N) is 1. The Hall–Kier alpha value is -6.94. The van der Waals surface area contributed by atoms with E-state index in [0.29, 0.717) is 0 Å². The molecule has 2 nitrogen and oxygen atoms in total. The summed E-state index contributed by atoms with van der Waals surface area (Å²) in [5.74, 6) is 0. The smallest absolute Gasteiger partial charge is 0.135 e. The molecule has 0 radical (unpaired) electrons. The number of rotatable bonds is 4. The summed E-state index contributed by atoms with van der Waals surface area (Å²) < 4.78 is 8.94. The Labute approximate surface area is 320 Å². The Balaban J connectivity index is 1.15. The number of anilines is 3. The third-order valence-electron chi connectivity index (χ3n) is 11.4. The van der Waals surface area contributed by atoms with Crippen LogP contribution in [-0.2, 0) is 0 Å². The predicted octanol–water partition coefficient (Wildman–Crippen LogP) is 15.7. The molecule has 2 aromatic heterocycles. The first kappa shape index (κ1) is 30.5. The molecule has 0 N–H and O–H groups in total. The molecule has 0 fully saturated rings. The first-order valence-corrected chi connectivity index (χ1v) is 19.6. The highest BCUT2D eigenvalue weighted by atomic mass is 32.1. The van der Waals surface area contributed by atoms with Gasteiger partial charge in [0, 0.05) is 47.7 Å². The first-order valence-electron chi connectivity index (χ1n) is 18.7. The summed E-state index contributed by atoms with van der Waals surface area (Å²) in [5, 5.41) is 14.9. The van der Waals surface area contributed by atoms with E-state index >= 15 is 0 Å². The van der Waals surface area contributed by atoms with Crippen molar-refractivity contribution in [2.45, 2.75) is 0 Å². The second-order valence-electron chi connectivity index (χ2n) is 14.4. The largest absolute Gasteiger partial charge is 0.456 e. The van der Waals surface area contributed by atoms with E-state index in [0.717, 1.165) is 39.0 Å². The van der Waals surface area contributed by atoms with Crippen LogP contribution in [0.5, 0.6) is 0 Å². The lowest BCUT2D eigenvalue weighted by Crippen LogP contribution is -2.10.